The van der Waals surface area contributed by atoms with Gasteiger partial charge in [-0.05, 0) is 156 Å². The molecule has 17 aromatic rings. The first-order chi connectivity index (χ1) is 52.5. The van der Waals surface area contributed by atoms with Crippen LogP contribution in [0.4, 0.5) is 0 Å². The molecule has 21 rings (SSSR count). The van der Waals surface area contributed by atoms with Gasteiger partial charge in [0.2, 0.25) is 0 Å². The van der Waals surface area contributed by atoms with Crippen LogP contribution in [0, 0.1) is 0 Å². The summed E-state index contributed by atoms with van der Waals surface area (Å²) in [5.41, 5.74) is 31.0. The van der Waals surface area contributed by atoms with Gasteiger partial charge < -0.3 is 9.47 Å². The van der Waals surface area contributed by atoms with Gasteiger partial charge in [-0.2, -0.15) is 0 Å². The Morgan fingerprint density at radius 3 is 0.925 bits per heavy atom. The summed E-state index contributed by atoms with van der Waals surface area (Å²) in [5.74, 6) is 4.70. The van der Waals surface area contributed by atoms with Crippen molar-refractivity contribution < 1.29 is 9.47 Å². The summed E-state index contributed by atoms with van der Waals surface area (Å²) in [7, 11) is 0. The Labute approximate surface area is 614 Å². The van der Waals surface area contributed by atoms with Gasteiger partial charge in [0.25, 0.3) is 0 Å². The first-order valence-corrected chi connectivity index (χ1v) is 36.1. The molecule has 0 N–H and O–H groups in total. The van der Waals surface area contributed by atoms with Crippen molar-refractivity contribution in [2.45, 2.75) is 10.8 Å². The van der Waals surface area contributed by atoms with Crippen molar-refractivity contribution in [3.8, 4) is 158 Å². The van der Waals surface area contributed by atoms with E-state index in [0.717, 1.165) is 140 Å². The minimum absolute atomic E-state index is 0.578. The number of rotatable bonds is 10. The first kappa shape index (κ1) is 60.8. The maximum absolute atomic E-state index is 7.02. The van der Waals surface area contributed by atoms with E-state index >= 15 is 0 Å². The molecule has 0 amide bonds. The fourth-order valence-corrected chi connectivity index (χ4v) is 17.2. The minimum Gasteiger partial charge on any atom is -0.457 e. The van der Waals surface area contributed by atoms with Crippen molar-refractivity contribution in [3.05, 3.63) is 421 Å². The third kappa shape index (κ3) is 9.65. The molecule has 4 aliphatic rings. The summed E-state index contributed by atoms with van der Waals surface area (Å²) in [6.45, 7) is 0. The molecule has 2 aliphatic heterocycles. The van der Waals surface area contributed by atoms with E-state index in [4.69, 9.17) is 29.4 Å². The molecule has 1 unspecified atom stereocenters. The van der Waals surface area contributed by atoms with Crippen LogP contribution in [0.1, 0.15) is 44.5 Å². The van der Waals surface area contributed by atoms with Gasteiger partial charge in [0.05, 0.1) is 33.6 Å². The Kier molecular flexibility index (Phi) is 14.0. The second-order valence-electron chi connectivity index (χ2n) is 27.9. The molecule has 6 nitrogen and oxygen atoms in total. The van der Waals surface area contributed by atoms with Crippen LogP contribution < -0.4 is 9.47 Å². The van der Waals surface area contributed by atoms with Gasteiger partial charge in [-0.15, -0.1) is 0 Å². The number of fused-ring (bicyclic) bond motifs is 18. The zero-order chi connectivity index (χ0) is 69.9. The molecule has 1 atom stereocenters. The van der Waals surface area contributed by atoms with Crippen LogP contribution in [0.3, 0.4) is 0 Å². The lowest BCUT2D eigenvalue weighted by molar-refractivity contribution is 0.436. The van der Waals surface area contributed by atoms with E-state index in [1.165, 1.54) is 50.1 Å². The summed E-state index contributed by atoms with van der Waals surface area (Å²) in [4.78, 5) is 21.3. The predicted molar refractivity (Wildman–Crippen MR) is 427 cm³/mol. The Morgan fingerprint density at radius 1 is 0.160 bits per heavy atom. The predicted octanol–water partition coefficient (Wildman–Crippen LogP) is 24.9. The van der Waals surface area contributed by atoms with Gasteiger partial charge in [-0.1, -0.05) is 309 Å². The average molecular weight is 1350 g/mol. The smallest absolute Gasteiger partial charge is 0.160 e. The van der Waals surface area contributed by atoms with E-state index in [1.807, 2.05) is 30.3 Å². The molecule has 4 heterocycles. The number of benzene rings is 15. The molecule has 106 heavy (non-hydrogen) atoms. The number of aromatic nitrogens is 4. The van der Waals surface area contributed by atoms with Crippen molar-refractivity contribution in [3.63, 3.8) is 0 Å². The van der Waals surface area contributed by atoms with E-state index in [1.54, 1.807) is 0 Å². The molecular weight excluding hydrogens is 1290 g/mol. The third-order valence-corrected chi connectivity index (χ3v) is 22.1. The number of nitrogens with zero attached hydrogens (tertiary/aromatic N) is 4. The third-order valence-electron chi connectivity index (χ3n) is 22.1. The second kappa shape index (κ2) is 24.4. The van der Waals surface area contributed by atoms with E-state index < -0.39 is 10.8 Å². The maximum atomic E-state index is 7.02. The molecule has 2 spiro atoms. The van der Waals surface area contributed by atoms with Gasteiger partial charge in [-0.25, -0.2) is 19.9 Å². The zero-order valence-corrected chi connectivity index (χ0v) is 57.4. The van der Waals surface area contributed by atoms with Crippen molar-refractivity contribution in [2.75, 3.05) is 0 Å². The lowest BCUT2D eigenvalue weighted by atomic mass is 9.65. The van der Waals surface area contributed by atoms with Crippen LogP contribution in [0.15, 0.2) is 376 Å². The summed E-state index contributed by atoms with van der Waals surface area (Å²) < 4.78 is 13.9. The fourth-order valence-electron chi connectivity index (χ4n) is 17.2. The highest BCUT2D eigenvalue weighted by atomic mass is 16.5. The molecular formula is C100H62N4O2. The van der Waals surface area contributed by atoms with Crippen molar-refractivity contribution in [2.24, 2.45) is 0 Å². The van der Waals surface area contributed by atoms with Crippen LogP contribution in [-0.4, -0.2) is 19.9 Å². The lowest BCUT2D eigenvalue weighted by Gasteiger charge is -2.39. The minimum atomic E-state index is -0.738. The van der Waals surface area contributed by atoms with E-state index in [-0.39, 0.29) is 0 Å². The van der Waals surface area contributed by atoms with Crippen LogP contribution >= 0.6 is 0 Å². The fraction of sp³-hybridized carbons (Fsp3) is 0.0200. The van der Waals surface area contributed by atoms with E-state index in [2.05, 4.69) is 346 Å². The topological polar surface area (TPSA) is 70.0 Å². The molecule has 2 aromatic heterocycles. The molecule has 0 bridgehead atoms. The molecule has 0 saturated heterocycles. The zero-order valence-electron chi connectivity index (χ0n) is 57.4. The molecule has 2 aliphatic carbocycles. The number of hydrogen-bond donors (Lipinski definition) is 0. The molecule has 6 heteroatoms. The molecule has 0 fully saturated rings. The Balaban J connectivity index is 0.642. The van der Waals surface area contributed by atoms with Crippen molar-refractivity contribution in [1.82, 2.24) is 19.9 Å². The van der Waals surface area contributed by atoms with E-state index in [0.29, 0.717) is 11.6 Å². The maximum Gasteiger partial charge on any atom is 0.160 e. The SMILES string of the molecule is c1ccc(-c2ccc(-c3cc(-c4cccc(-c5ccc6c(c5)C5(c7ccccc7O6)c6ccccc6-c6ccc(-c7ccc(-c8nc(-c9ccccc9)cc(-c9cccc(-c%10ccc%11c(c%10)C%10(c%12ccccc%12O%11)c%11ccccc%11-c%11ccccc%11%10)c9)n8)cc7)cc65)c4)nc(-c4ccccc4)n3)cc2)cc1. The van der Waals surface area contributed by atoms with Gasteiger partial charge in [0.1, 0.15) is 23.0 Å². The quantitative estimate of drug-likeness (QED) is 0.136. The average Bonchev–Trinajstić information content (AvgIpc) is 1.51. The van der Waals surface area contributed by atoms with Crippen molar-refractivity contribution in [1.29, 1.82) is 0 Å². The number of hydrogen-bond acceptors (Lipinski definition) is 6. The lowest BCUT2D eigenvalue weighted by Crippen LogP contribution is -2.32. The normalized spacial score (nSPS) is 14.1. The summed E-state index contributed by atoms with van der Waals surface area (Å²) in [6, 6.07) is 135. The van der Waals surface area contributed by atoms with E-state index in [9.17, 15) is 0 Å². The molecule has 0 radical (unpaired) electrons. The highest BCUT2D eigenvalue weighted by Gasteiger charge is 2.53. The van der Waals surface area contributed by atoms with Gasteiger partial charge in [0.15, 0.2) is 11.6 Å². The first-order valence-electron chi connectivity index (χ1n) is 36.1. The summed E-state index contributed by atoms with van der Waals surface area (Å²) in [5, 5.41) is 0. The van der Waals surface area contributed by atoms with Crippen LogP contribution in [0.2, 0.25) is 0 Å². The Bertz CT molecular complexity index is 6350. The highest BCUT2D eigenvalue weighted by Crippen LogP contribution is 2.65. The molecule has 0 saturated carbocycles. The Morgan fingerprint density at radius 2 is 0.434 bits per heavy atom. The van der Waals surface area contributed by atoms with Gasteiger partial charge in [0, 0.05) is 55.6 Å². The number of ether oxygens (including phenoxy) is 2. The number of para-hydroxylation sites is 2. The van der Waals surface area contributed by atoms with Crippen molar-refractivity contribution >= 4 is 0 Å². The van der Waals surface area contributed by atoms with Crippen LogP contribution in [0.25, 0.3) is 135 Å². The standard InChI is InChI=1S/C100H62N4O2/c1-4-22-63(23-5-1)64-42-46-67(47-43-64)90-62-92(103-97(102-90)68-26-8-3-9-27-68)76-31-21-29-71(57-76)74-52-55-96-88(60-74)100(85-39-17-19-41-94(85)106-96)83-37-15-12-34-79(83)80-53-50-72(58-86(80)100)65-44-48-69(49-45-65)98-101-89(66-24-6-2-7-25-66)61-91(104-98)75-30-20-28-70(56-75)73-51-54-95-87(59-73)99(84-38-16-18-40-93(84)105-95)81-35-13-10-32-77(81)78-33-11-14-36-82(78)99/h1-62H. The highest BCUT2D eigenvalue weighted by molar-refractivity contribution is 5.93. The molecule has 494 valence electrons. The Hall–Kier alpha value is -13.9. The molecule has 15 aromatic carbocycles. The van der Waals surface area contributed by atoms with Gasteiger partial charge >= 0.3 is 0 Å². The second-order valence-corrected chi connectivity index (χ2v) is 27.9. The van der Waals surface area contributed by atoms with Gasteiger partial charge in [-0.3, -0.25) is 0 Å². The monoisotopic (exact) mass is 1350 g/mol. The summed E-state index contributed by atoms with van der Waals surface area (Å²) in [6.07, 6.45) is 0. The largest absolute Gasteiger partial charge is 0.457 e. The van der Waals surface area contributed by atoms with Crippen LogP contribution in [0.5, 0.6) is 23.0 Å². The van der Waals surface area contributed by atoms with Crippen LogP contribution in [-0.2, 0) is 10.8 Å². The summed E-state index contributed by atoms with van der Waals surface area (Å²) >= 11 is 0.